The van der Waals surface area contributed by atoms with Gasteiger partial charge in [0, 0.05) is 0 Å². The molecule has 0 saturated carbocycles. The molecule has 1 N–H and O–H groups in total. The van der Waals surface area contributed by atoms with Gasteiger partial charge in [-0.05, 0) is 27.7 Å². The first-order chi connectivity index (χ1) is 11.2. The normalized spacial score (nSPS) is 11.4. The van der Waals surface area contributed by atoms with Gasteiger partial charge in [-0.25, -0.2) is 9.78 Å². The molecule has 2 rings (SSSR count). The van der Waals surface area contributed by atoms with Crippen LogP contribution in [0.2, 0.25) is 5.15 Å². The van der Waals surface area contributed by atoms with Gasteiger partial charge in [0.2, 0.25) is 5.95 Å². The first kappa shape index (κ1) is 17.9. The summed E-state index contributed by atoms with van der Waals surface area (Å²) in [7, 11) is 0. The molecule has 0 bridgehead atoms. The van der Waals surface area contributed by atoms with E-state index in [0.717, 1.165) is 0 Å². The summed E-state index contributed by atoms with van der Waals surface area (Å²) in [6.07, 6.45) is 0.689. The molecule has 0 unspecified atom stereocenters. The van der Waals surface area contributed by atoms with Crippen molar-refractivity contribution >= 4 is 40.8 Å². The summed E-state index contributed by atoms with van der Waals surface area (Å²) < 4.78 is 11.5. The number of hydrogen-bond donors (Lipinski definition) is 1. The number of carbonyl (C=O) groups excluding carboxylic acids is 2. The smallest absolute Gasteiger partial charge is 0.414 e. The van der Waals surface area contributed by atoms with Crippen molar-refractivity contribution in [3.05, 3.63) is 11.5 Å². The van der Waals surface area contributed by atoms with Gasteiger partial charge in [0.1, 0.15) is 17.7 Å². The van der Waals surface area contributed by atoms with Gasteiger partial charge in [-0.15, -0.1) is 0 Å². The summed E-state index contributed by atoms with van der Waals surface area (Å²) >= 11 is 6.05. The molecule has 130 valence electrons. The fourth-order valence-corrected chi connectivity index (χ4v) is 2.04. The number of esters is 1. The minimum absolute atomic E-state index is 0.0487. The second-order valence-electron chi connectivity index (χ2n) is 5.81. The molecule has 0 spiro atoms. The van der Waals surface area contributed by atoms with Crippen LogP contribution in [0.1, 0.15) is 27.7 Å². The predicted octanol–water partition coefficient (Wildman–Crippen LogP) is 2.39. The Morgan fingerprint density at radius 3 is 2.67 bits per heavy atom. The molecule has 2 aromatic heterocycles. The number of amides is 1. The number of aromatic nitrogens is 4. The topological polar surface area (TPSA) is 108 Å². The van der Waals surface area contributed by atoms with Gasteiger partial charge in [0.25, 0.3) is 0 Å². The highest BCUT2D eigenvalue weighted by Crippen LogP contribution is 2.21. The largest absolute Gasteiger partial charge is 0.465 e. The maximum absolute atomic E-state index is 11.8. The number of nitrogens with one attached hydrogen (secondary N) is 1. The quantitative estimate of drug-likeness (QED) is 0.662. The van der Waals surface area contributed by atoms with Gasteiger partial charge in [-0.2, -0.15) is 9.97 Å². The Kier molecular flexibility index (Phi) is 5.23. The maximum Gasteiger partial charge on any atom is 0.414 e. The van der Waals surface area contributed by atoms with Crippen molar-refractivity contribution in [2.45, 2.75) is 39.8 Å². The van der Waals surface area contributed by atoms with Gasteiger partial charge in [0.15, 0.2) is 10.8 Å². The highest BCUT2D eigenvalue weighted by molar-refractivity contribution is 6.33. The lowest BCUT2D eigenvalue weighted by atomic mass is 10.2. The van der Waals surface area contributed by atoms with E-state index in [1.54, 1.807) is 27.7 Å². The number of hydrogen-bond acceptors (Lipinski definition) is 7. The molecular formula is C14H18ClN5O4. The third-order valence-electron chi connectivity index (χ3n) is 2.64. The van der Waals surface area contributed by atoms with Crippen molar-refractivity contribution in [2.75, 3.05) is 11.9 Å². The van der Waals surface area contributed by atoms with E-state index in [4.69, 9.17) is 21.1 Å². The molecule has 0 fully saturated rings. The van der Waals surface area contributed by atoms with Crippen LogP contribution in [-0.4, -0.2) is 43.8 Å². The van der Waals surface area contributed by atoms with Gasteiger partial charge < -0.3 is 14.0 Å². The Labute approximate surface area is 143 Å². The fraction of sp³-hybridized carbons (Fsp3) is 0.500. The maximum atomic E-state index is 11.8. The summed E-state index contributed by atoms with van der Waals surface area (Å²) in [5.41, 5.74) is -0.0475. The van der Waals surface area contributed by atoms with Crippen molar-refractivity contribution in [1.82, 2.24) is 19.5 Å². The van der Waals surface area contributed by atoms with Crippen molar-refractivity contribution in [1.29, 1.82) is 0 Å². The van der Waals surface area contributed by atoms with Gasteiger partial charge in [0.05, 0.1) is 12.9 Å². The summed E-state index contributed by atoms with van der Waals surface area (Å²) in [6.45, 7) is 7.11. The molecule has 2 aromatic rings. The van der Waals surface area contributed by atoms with Crippen LogP contribution >= 0.6 is 11.6 Å². The molecule has 0 aromatic carbocycles. The summed E-state index contributed by atoms with van der Waals surface area (Å²) in [5.74, 6) is -0.486. The summed E-state index contributed by atoms with van der Waals surface area (Å²) in [6, 6.07) is 0. The lowest BCUT2D eigenvalue weighted by Crippen LogP contribution is -2.27. The van der Waals surface area contributed by atoms with Crippen LogP contribution in [0.15, 0.2) is 6.33 Å². The summed E-state index contributed by atoms with van der Waals surface area (Å²) in [5, 5.41) is 2.45. The van der Waals surface area contributed by atoms with Crippen LogP contribution in [0.25, 0.3) is 11.2 Å². The minimum atomic E-state index is -0.714. The van der Waals surface area contributed by atoms with Crippen molar-refractivity contribution in [3.63, 3.8) is 0 Å². The monoisotopic (exact) mass is 355 g/mol. The average Bonchev–Trinajstić information content (AvgIpc) is 2.80. The molecule has 0 aliphatic rings. The van der Waals surface area contributed by atoms with Crippen LogP contribution in [0.3, 0.4) is 0 Å². The molecule has 0 radical (unpaired) electrons. The van der Waals surface area contributed by atoms with Gasteiger partial charge in [-0.3, -0.25) is 10.1 Å². The third-order valence-corrected chi connectivity index (χ3v) is 2.90. The minimum Gasteiger partial charge on any atom is -0.465 e. The third kappa shape index (κ3) is 4.54. The SMILES string of the molecule is CCOC(=O)Cn1cnc2c(Cl)nc(NC(=O)OC(C)(C)C)nc21. The van der Waals surface area contributed by atoms with Crippen molar-refractivity contribution < 1.29 is 19.1 Å². The molecule has 10 heteroatoms. The van der Waals surface area contributed by atoms with Crippen molar-refractivity contribution in [2.24, 2.45) is 0 Å². The molecule has 2 heterocycles. The van der Waals surface area contributed by atoms with Crippen LogP contribution < -0.4 is 5.32 Å². The number of ether oxygens (including phenoxy) is 2. The van der Waals surface area contributed by atoms with E-state index in [9.17, 15) is 9.59 Å². The molecule has 0 aliphatic carbocycles. The number of halogens is 1. The Hall–Kier alpha value is -2.42. The number of rotatable bonds is 4. The molecule has 9 nitrogen and oxygen atoms in total. The van der Waals surface area contributed by atoms with E-state index in [-0.39, 0.29) is 24.3 Å². The van der Waals surface area contributed by atoms with Crippen LogP contribution in [0.4, 0.5) is 10.7 Å². The van der Waals surface area contributed by atoms with E-state index in [1.165, 1.54) is 10.9 Å². The molecule has 24 heavy (non-hydrogen) atoms. The van der Waals surface area contributed by atoms with E-state index >= 15 is 0 Å². The zero-order valence-electron chi connectivity index (χ0n) is 13.8. The second-order valence-corrected chi connectivity index (χ2v) is 6.17. The van der Waals surface area contributed by atoms with Crippen LogP contribution in [0.5, 0.6) is 0 Å². The average molecular weight is 356 g/mol. The second kappa shape index (κ2) is 7.00. The first-order valence-electron chi connectivity index (χ1n) is 7.23. The molecule has 0 saturated heterocycles. The number of imidazole rings is 1. The zero-order chi connectivity index (χ0) is 17.9. The molecule has 0 aliphatic heterocycles. The van der Waals surface area contributed by atoms with Crippen LogP contribution in [0, 0.1) is 0 Å². The number of nitrogens with zero attached hydrogens (tertiary/aromatic N) is 4. The fourth-order valence-electron chi connectivity index (χ4n) is 1.82. The number of anilines is 1. The lowest BCUT2D eigenvalue weighted by molar-refractivity contribution is -0.143. The van der Waals surface area contributed by atoms with Gasteiger partial charge >= 0.3 is 12.1 Å². The highest BCUT2D eigenvalue weighted by Gasteiger charge is 2.19. The Balaban J connectivity index is 2.26. The first-order valence-corrected chi connectivity index (χ1v) is 7.61. The van der Waals surface area contributed by atoms with E-state index in [2.05, 4.69) is 20.3 Å². The standard InChI is InChI=1S/C14H18ClN5O4/c1-5-23-8(21)6-20-7-16-9-10(15)17-12(18-11(9)20)19-13(22)24-14(2,3)4/h7H,5-6H2,1-4H3,(H,17,18,19,22). The predicted molar refractivity (Wildman–Crippen MR) is 86.8 cm³/mol. The van der Waals surface area contributed by atoms with E-state index in [1.807, 2.05) is 0 Å². The Morgan fingerprint density at radius 1 is 1.33 bits per heavy atom. The van der Waals surface area contributed by atoms with Crippen molar-refractivity contribution in [3.8, 4) is 0 Å². The van der Waals surface area contributed by atoms with E-state index < -0.39 is 17.7 Å². The Bertz CT molecular complexity index is 768. The number of carbonyl (C=O) groups is 2. The van der Waals surface area contributed by atoms with Gasteiger partial charge in [-0.1, -0.05) is 11.6 Å². The number of fused-ring (bicyclic) bond motifs is 1. The van der Waals surface area contributed by atoms with Crippen LogP contribution in [-0.2, 0) is 20.8 Å². The Morgan fingerprint density at radius 2 is 2.04 bits per heavy atom. The molecule has 1 amide bonds. The molecular weight excluding hydrogens is 338 g/mol. The zero-order valence-corrected chi connectivity index (χ0v) is 14.5. The lowest BCUT2D eigenvalue weighted by Gasteiger charge is -2.19. The summed E-state index contributed by atoms with van der Waals surface area (Å²) in [4.78, 5) is 35.6. The highest BCUT2D eigenvalue weighted by atomic mass is 35.5. The van der Waals surface area contributed by atoms with E-state index in [0.29, 0.717) is 11.2 Å². The molecule has 0 atom stereocenters.